The van der Waals surface area contributed by atoms with E-state index in [1.54, 1.807) is 4.57 Å². The van der Waals surface area contributed by atoms with E-state index < -0.39 is 0 Å². The summed E-state index contributed by atoms with van der Waals surface area (Å²) in [5.41, 5.74) is 0.611. The molecule has 2 aliphatic heterocycles. The molecule has 0 radical (unpaired) electrons. The maximum absolute atomic E-state index is 12.5. The number of benzene rings is 1. The molecule has 2 fully saturated rings. The molecule has 28 heavy (non-hydrogen) atoms. The number of piperidine rings is 1. The minimum Gasteiger partial charge on any atom is -0.375 e. The van der Waals surface area contributed by atoms with Gasteiger partial charge in [0.2, 0.25) is 5.91 Å². The van der Waals surface area contributed by atoms with Crippen molar-refractivity contribution in [3.8, 4) is 5.69 Å². The average molecular weight is 385 g/mol. The fourth-order valence-electron chi connectivity index (χ4n) is 4.03. The van der Waals surface area contributed by atoms with Gasteiger partial charge in [-0.1, -0.05) is 18.2 Å². The molecular weight excluding hydrogens is 358 g/mol. The van der Waals surface area contributed by atoms with E-state index in [2.05, 4.69) is 15.5 Å². The molecule has 0 saturated carbocycles. The number of nitrogens with zero attached hydrogens (tertiary/aromatic N) is 3. The van der Waals surface area contributed by atoms with Crippen LogP contribution in [0, 0.1) is 5.92 Å². The molecule has 2 N–H and O–H groups in total. The summed E-state index contributed by atoms with van der Waals surface area (Å²) in [6.07, 6.45) is 3.01. The summed E-state index contributed by atoms with van der Waals surface area (Å²) in [5.74, 6) is 1.34. The number of nitrogens with one attached hydrogen (secondary N) is 2. The third-order valence-electron chi connectivity index (χ3n) is 5.60. The Labute approximate surface area is 163 Å². The predicted octanol–water partition coefficient (Wildman–Crippen LogP) is 0.720. The second-order valence-corrected chi connectivity index (χ2v) is 7.55. The Morgan fingerprint density at radius 2 is 2.00 bits per heavy atom. The standard InChI is InChI=1S/C20H27N5O3/c26-19(13-17-14-21-8-11-28-17)24-9-6-15(7-10-24)12-18-22-23-20(27)25(18)16-4-2-1-3-5-16/h1-5,15,17,21H,6-14H2,(H,23,27). The van der Waals surface area contributed by atoms with Gasteiger partial charge in [0.1, 0.15) is 5.82 Å². The Morgan fingerprint density at radius 1 is 1.21 bits per heavy atom. The second kappa shape index (κ2) is 8.70. The highest BCUT2D eigenvalue weighted by molar-refractivity contribution is 5.76. The van der Waals surface area contributed by atoms with Crippen LogP contribution in [0.5, 0.6) is 0 Å². The minimum absolute atomic E-state index is 0.0108. The van der Waals surface area contributed by atoms with Crippen LogP contribution in [0.2, 0.25) is 0 Å². The van der Waals surface area contributed by atoms with E-state index in [0.29, 0.717) is 18.9 Å². The second-order valence-electron chi connectivity index (χ2n) is 7.55. The average Bonchev–Trinajstić information content (AvgIpc) is 3.10. The van der Waals surface area contributed by atoms with Crippen molar-refractivity contribution >= 4 is 5.91 Å². The molecule has 1 amide bonds. The smallest absolute Gasteiger partial charge is 0.347 e. The first kappa shape index (κ1) is 18.9. The lowest BCUT2D eigenvalue weighted by atomic mass is 9.93. The van der Waals surface area contributed by atoms with E-state index in [1.807, 2.05) is 35.2 Å². The molecule has 2 aliphatic rings. The first-order valence-corrected chi connectivity index (χ1v) is 10.0. The third-order valence-corrected chi connectivity index (χ3v) is 5.60. The van der Waals surface area contributed by atoms with Crippen molar-refractivity contribution in [1.82, 2.24) is 25.0 Å². The van der Waals surface area contributed by atoms with Gasteiger partial charge in [0.05, 0.1) is 24.8 Å². The molecule has 0 aliphatic carbocycles. The van der Waals surface area contributed by atoms with Crippen LogP contribution < -0.4 is 11.0 Å². The molecule has 1 unspecified atom stereocenters. The lowest BCUT2D eigenvalue weighted by Crippen LogP contribution is -2.44. The third kappa shape index (κ3) is 4.34. The highest BCUT2D eigenvalue weighted by Gasteiger charge is 2.27. The Bertz CT molecular complexity index is 833. The van der Waals surface area contributed by atoms with Crippen LogP contribution in [0.1, 0.15) is 25.1 Å². The lowest BCUT2D eigenvalue weighted by Gasteiger charge is -2.33. The van der Waals surface area contributed by atoms with E-state index in [1.165, 1.54) is 0 Å². The monoisotopic (exact) mass is 385 g/mol. The van der Waals surface area contributed by atoms with Crippen molar-refractivity contribution in [1.29, 1.82) is 0 Å². The van der Waals surface area contributed by atoms with Crippen molar-refractivity contribution in [2.45, 2.75) is 31.8 Å². The Hall–Kier alpha value is -2.45. The number of carbonyl (C=O) groups is 1. The van der Waals surface area contributed by atoms with Gasteiger partial charge in [0.15, 0.2) is 0 Å². The normalized spacial score (nSPS) is 21.0. The molecular formula is C20H27N5O3. The Morgan fingerprint density at radius 3 is 2.71 bits per heavy atom. The van der Waals surface area contributed by atoms with Gasteiger partial charge < -0.3 is 15.0 Å². The van der Waals surface area contributed by atoms with Crippen molar-refractivity contribution in [2.24, 2.45) is 5.92 Å². The summed E-state index contributed by atoms with van der Waals surface area (Å²) in [6.45, 7) is 3.79. The van der Waals surface area contributed by atoms with Crippen LogP contribution in [0.4, 0.5) is 0 Å². The van der Waals surface area contributed by atoms with Crippen LogP contribution in [-0.4, -0.2) is 64.5 Å². The van der Waals surface area contributed by atoms with Crippen LogP contribution in [0.15, 0.2) is 35.1 Å². The number of H-pyrrole nitrogens is 1. The van der Waals surface area contributed by atoms with Gasteiger partial charge in [-0.25, -0.2) is 14.5 Å². The molecule has 150 valence electrons. The van der Waals surface area contributed by atoms with Crippen LogP contribution in [0.25, 0.3) is 5.69 Å². The topological polar surface area (TPSA) is 92.2 Å². The predicted molar refractivity (Wildman–Crippen MR) is 104 cm³/mol. The van der Waals surface area contributed by atoms with Crippen LogP contribution >= 0.6 is 0 Å². The summed E-state index contributed by atoms with van der Waals surface area (Å²) in [7, 11) is 0. The van der Waals surface area contributed by atoms with Gasteiger partial charge in [-0.05, 0) is 30.9 Å². The maximum atomic E-state index is 12.5. The molecule has 2 aromatic rings. The van der Waals surface area contributed by atoms with Crippen LogP contribution in [-0.2, 0) is 16.0 Å². The number of hydrogen-bond acceptors (Lipinski definition) is 5. The summed E-state index contributed by atoms with van der Waals surface area (Å²) >= 11 is 0. The van der Waals surface area contributed by atoms with E-state index in [9.17, 15) is 9.59 Å². The zero-order valence-corrected chi connectivity index (χ0v) is 16.0. The van der Waals surface area contributed by atoms with Gasteiger partial charge in [-0.3, -0.25) is 4.79 Å². The van der Waals surface area contributed by atoms with Crippen molar-refractivity contribution in [3.63, 3.8) is 0 Å². The number of aromatic amines is 1. The van der Waals surface area contributed by atoms with E-state index in [-0.39, 0.29) is 17.7 Å². The summed E-state index contributed by atoms with van der Waals surface area (Å²) in [4.78, 5) is 26.7. The van der Waals surface area contributed by atoms with Gasteiger partial charge >= 0.3 is 5.69 Å². The molecule has 8 heteroatoms. The number of ether oxygens (including phenoxy) is 1. The molecule has 0 spiro atoms. The van der Waals surface area contributed by atoms with E-state index >= 15 is 0 Å². The quantitative estimate of drug-likeness (QED) is 0.791. The largest absolute Gasteiger partial charge is 0.375 e. The Balaban J connectivity index is 1.33. The van der Waals surface area contributed by atoms with Crippen LogP contribution in [0.3, 0.4) is 0 Å². The highest BCUT2D eigenvalue weighted by atomic mass is 16.5. The van der Waals surface area contributed by atoms with Gasteiger partial charge in [0.25, 0.3) is 0 Å². The van der Waals surface area contributed by atoms with Crippen molar-refractivity contribution in [3.05, 3.63) is 46.6 Å². The first-order valence-electron chi connectivity index (χ1n) is 10.0. The SMILES string of the molecule is O=C(CC1CNCCO1)N1CCC(Cc2n[nH]c(=O)n2-c2ccccc2)CC1. The molecule has 1 aromatic carbocycles. The number of para-hydroxylation sites is 1. The van der Waals surface area contributed by atoms with Gasteiger partial charge in [-0.15, -0.1) is 0 Å². The number of hydrogen-bond donors (Lipinski definition) is 2. The van der Waals surface area contributed by atoms with Gasteiger partial charge in [0, 0.05) is 32.6 Å². The molecule has 1 atom stereocenters. The molecule has 2 saturated heterocycles. The summed E-state index contributed by atoms with van der Waals surface area (Å²) in [6, 6.07) is 9.56. The number of likely N-dealkylation sites (tertiary alicyclic amines) is 1. The molecule has 4 rings (SSSR count). The minimum atomic E-state index is -0.213. The molecule has 0 bridgehead atoms. The number of amides is 1. The van der Waals surface area contributed by atoms with Gasteiger partial charge in [-0.2, -0.15) is 5.10 Å². The highest BCUT2D eigenvalue weighted by Crippen LogP contribution is 2.22. The zero-order valence-electron chi connectivity index (χ0n) is 16.0. The Kier molecular flexibility index (Phi) is 5.87. The number of aromatic nitrogens is 3. The fraction of sp³-hybridized carbons (Fsp3) is 0.550. The molecule has 3 heterocycles. The molecule has 1 aromatic heterocycles. The van der Waals surface area contributed by atoms with Crippen molar-refractivity contribution in [2.75, 3.05) is 32.8 Å². The fourth-order valence-corrected chi connectivity index (χ4v) is 4.03. The maximum Gasteiger partial charge on any atom is 0.347 e. The van der Waals surface area contributed by atoms with E-state index in [4.69, 9.17) is 4.74 Å². The van der Waals surface area contributed by atoms with Crippen molar-refractivity contribution < 1.29 is 9.53 Å². The number of carbonyl (C=O) groups excluding carboxylic acids is 1. The number of rotatable bonds is 5. The lowest BCUT2D eigenvalue weighted by molar-refractivity contribution is -0.136. The zero-order chi connectivity index (χ0) is 19.3. The molecule has 8 nitrogen and oxygen atoms in total. The summed E-state index contributed by atoms with van der Waals surface area (Å²) < 4.78 is 7.29. The van der Waals surface area contributed by atoms with E-state index in [0.717, 1.165) is 57.0 Å². The number of morpholine rings is 1. The summed E-state index contributed by atoms with van der Waals surface area (Å²) in [5, 5.41) is 10.1. The first-order chi connectivity index (χ1) is 13.7.